The number of nitrogens with one attached hydrogen (secondary N) is 2. The summed E-state index contributed by atoms with van der Waals surface area (Å²) >= 11 is 0. The van der Waals surface area contributed by atoms with Gasteiger partial charge in [0.25, 0.3) is 5.91 Å². The molecule has 1 aromatic heterocycles. The zero-order chi connectivity index (χ0) is 19.3. The van der Waals surface area contributed by atoms with Gasteiger partial charge in [-0.2, -0.15) is 5.10 Å². The molecule has 2 N–H and O–H groups in total. The third-order valence-corrected chi connectivity index (χ3v) is 5.25. The van der Waals surface area contributed by atoms with Crippen molar-refractivity contribution in [1.29, 1.82) is 0 Å². The first kappa shape index (κ1) is 18.7. The molecule has 0 spiro atoms. The van der Waals surface area contributed by atoms with E-state index in [-0.39, 0.29) is 10.8 Å². The molecule has 0 unspecified atom stereocenters. The Hall–Kier alpha value is -3.04. The van der Waals surface area contributed by atoms with E-state index in [1.54, 1.807) is 47.4 Å². The molecule has 0 aliphatic heterocycles. The van der Waals surface area contributed by atoms with E-state index in [0.29, 0.717) is 24.2 Å². The van der Waals surface area contributed by atoms with Crippen LogP contribution in [0.15, 0.2) is 66.1 Å². The van der Waals surface area contributed by atoms with Crippen LogP contribution >= 0.6 is 0 Å². The second-order valence-electron chi connectivity index (χ2n) is 5.76. The van der Waals surface area contributed by atoms with Crippen LogP contribution in [-0.4, -0.2) is 35.6 Å². The maximum absolute atomic E-state index is 12.4. The van der Waals surface area contributed by atoms with E-state index in [4.69, 9.17) is 0 Å². The third-order valence-electron chi connectivity index (χ3n) is 3.78. The van der Waals surface area contributed by atoms with Crippen molar-refractivity contribution >= 4 is 21.6 Å². The molecule has 0 saturated heterocycles. The number of hydrogen-bond donors (Lipinski definition) is 2. The first-order valence-corrected chi connectivity index (χ1v) is 9.84. The van der Waals surface area contributed by atoms with Crippen molar-refractivity contribution in [3.63, 3.8) is 0 Å². The molecular weight excluding hydrogens is 366 g/mol. The predicted molar refractivity (Wildman–Crippen MR) is 101 cm³/mol. The second kappa shape index (κ2) is 8.11. The van der Waals surface area contributed by atoms with Crippen LogP contribution in [0.5, 0.6) is 0 Å². The molecule has 0 atom stereocenters. The highest BCUT2D eigenvalue weighted by Crippen LogP contribution is 2.16. The molecule has 27 heavy (non-hydrogen) atoms. The predicted octanol–water partition coefficient (Wildman–Crippen LogP) is 2.21. The highest BCUT2D eigenvalue weighted by molar-refractivity contribution is 7.89. The molecule has 0 saturated carbocycles. The van der Waals surface area contributed by atoms with E-state index >= 15 is 0 Å². The van der Waals surface area contributed by atoms with Crippen molar-refractivity contribution in [3.05, 3.63) is 66.7 Å². The minimum atomic E-state index is -3.52. The monoisotopic (exact) mass is 385 g/mol. The van der Waals surface area contributed by atoms with Crippen LogP contribution in [0.3, 0.4) is 0 Å². The summed E-state index contributed by atoms with van der Waals surface area (Å²) < 4.78 is 28.2. The summed E-state index contributed by atoms with van der Waals surface area (Å²) in [4.78, 5) is 16.4. The van der Waals surface area contributed by atoms with E-state index in [0.717, 1.165) is 5.69 Å². The zero-order valence-corrected chi connectivity index (χ0v) is 15.5. The van der Waals surface area contributed by atoms with Gasteiger partial charge >= 0.3 is 0 Å². The summed E-state index contributed by atoms with van der Waals surface area (Å²) in [6.45, 7) is 2.27. The summed E-state index contributed by atoms with van der Waals surface area (Å²) in [7, 11) is -3.52. The number of rotatable bonds is 7. The van der Waals surface area contributed by atoms with Gasteiger partial charge in [0.1, 0.15) is 12.7 Å². The number of benzene rings is 2. The average Bonchev–Trinajstić information content (AvgIpc) is 3.22. The normalized spacial score (nSPS) is 11.3. The van der Waals surface area contributed by atoms with Gasteiger partial charge < -0.3 is 5.32 Å². The molecule has 1 heterocycles. The van der Waals surface area contributed by atoms with Crippen LogP contribution in [0.1, 0.15) is 23.7 Å². The van der Waals surface area contributed by atoms with Crippen molar-refractivity contribution in [1.82, 2.24) is 19.5 Å². The number of aromatic nitrogens is 3. The summed E-state index contributed by atoms with van der Waals surface area (Å²) in [6, 6.07) is 12.9. The van der Waals surface area contributed by atoms with Crippen molar-refractivity contribution in [2.45, 2.75) is 18.2 Å². The van der Waals surface area contributed by atoms with Crippen LogP contribution in [-0.2, 0) is 10.0 Å². The summed E-state index contributed by atoms with van der Waals surface area (Å²) in [5.41, 5.74) is 1.77. The molecule has 2 aromatic carbocycles. The highest BCUT2D eigenvalue weighted by Gasteiger charge is 2.13. The van der Waals surface area contributed by atoms with Crippen LogP contribution in [0, 0.1) is 0 Å². The zero-order valence-electron chi connectivity index (χ0n) is 14.7. The Morgan fingerprint density at radius 1 is 1.07 bits per heavy atom. The SMILES string of the molecule is CCCNS(=O)(=O)c1ccc(NC(=O)c2ccc(-n3cncn3)cc2)cc1. The van der Waals surface area contributed by atoms with Gasteiger partial charge in [0, 0.05) is 17.8 Å². The number of nitrogens with zero attached hydrogens (tertiary/aromatic N) is 3. The Bertz CT molecular complexity index is 998. The smallest absolute Gasteiger partial charge is 0.255 e. The van der Waals surface area contributed by atoms with Crippen LogP contribution < -0.4 is 10.0 Å². The fourth-order valence-electron chi connectivity index (χ4n) is 2.35. The van der Waals surface area contributed by atoms with Crippen LogP contribution in [0.4, 0.5) is 5.69 Å². The van der Waals surface area contributed by atoms with Crippen molar-refractivity contribution in [2.24, 2.45) is 0 Å². The van der Waals surface area contributed by atoms with Gasteiger partial charge in [-0.3, -0.25) is 4.79 Å². The van der Waals surface area contributed by atoms with Crippen molar-refractivity contribution in [3.8, 4) is 5.69 Å². The number of sulfonamides is 1. The first-order chi connectivity index (χ1) is 13.0. The summed E-state index contributed by atoms with van der Waals surface area (Å²) in [5, 5.41) is 6.77. The molecule has 140 valence electrons. The van der Waals surface area contributed by atoms with Gasteiger partial charge in [-0.15, -0.1) is 0 Å². The molecule has 0 aliphatic rings. The second-order valence-corrected chi connectivity index (χ2v) is 7.53. The maximum atomic E-state index is 12.4. The quantitative estimate of drug-likeness (QED) is 0.649. The fourth-order valence-corrected chi connectivity index (χ4v) is 3.48. The molecule has 3 rings (SSSR count). The topological polar surface area (TPSA) is 106 Å². The van der Waals surface area contributed by atoms with Gasteiger partial charge in [0.05, 0.1) is 10.6 Å². The Labute approximate surface area is 157 Å². The molecule has 8 nitrogen and oxygen atoms in total. The number of amides is 1. The molecule has 3 aromatic rings. The van der Waals surface area contributed by atoms with E-state index in [9.17, 15) is 13.2 Å². The van der Waals surface area contributed by atoms with Crippen LogP contribution in [0.25, 0.3) is 5.69 Å². The van der Waals surface area contributed by atoms with Gasteiger partial charge in [0.2, 0.25) is 10.0 Å². The Kier molecular flexibility index (Phi) is 5.63. The fraction of sp³-hybridized carbons (Fsp3) is 0.167. The summed E-state index contributed by atoms with van der Waals surface area (Å²) in [6.07, 6.45) is 3.71. The van der Waals surface area contributed by atoms with E-state index in [1.165, 1.54) is 18.5 Å². The Morgan fingerprint density at radius 2 is 1.78 bits per heavy atom. The molecule has 9 heteroatoms. The minimum absolute atomic E-state index is 0.158. The van der Waals surface area contributed by atoms with Gasteiger partial charge in [-0.05, 0) is 55.0 Å². The molecule has 0 radical (unpaired) electrons. The van der Waals surface area contributed by atoms with E-state index in [1.807, 2.05) is 6.92 Å². The van der Waals surface area contributed by atoms with E-state index in [2.05, 4.69) is 20.1 Å². The molecule has 0 aliphatic carbocycles. The average molecular weight is 385 g/mol. The summed E-state index contributed by atoms with van der Waals surface area (Å²) in [5.74, 6) is -0.292. The number of carbonyl (C=O) groups excluding carboxylic acids is 1. The van der Waals surface area contributed by atoms with Gasteiger partial charge in [-0.1, -0.05) is 6.92 Å². The number of hydrogen-bond acceptors (Lipinski definition) is 5. The lowest BCUT2D eigenvalue weighted by molar-refractivity contribution is 0.102. The van der Waals surface area contributed by atoms with Crippen LogP contribution in [0.2, 0.25) is 0 Å². The molecule has 1 amide bonds. The number of carbonyl (C=O) groups is 1. The van der Waals surface area contributed by atoms with Gasteiger partial charge in [0.15, 0.2) is 0 Å². The largest absolute Gasteiger partial charge is 0.322 e. The Balaban J connectivity index is 1.67. The lowest BCUT2D eigenvalue weighted by atomic mass is 10.2. The molecule has 0 fully saturated rings. The lowest BCUT2D eigenvalue weighted by Gasteiger charge is -2.08. The maximum Gasteiger partial charge on any atom is 0.255 e. The van der Waals surface area contributed by atoms with E-state index < -0.39 is 10.0 Å². The lowest BCUT2D eigenvalue weighted by Crippen LogP contribution is -2.24. The molecule has 0 bridgehead atoms. The minimum Gasteiger partial charge on any atom is -0.322 e. The third kappa shape index (κ3) is 4.57. The van der Waals surface area contributed by atoms with Gasteiger partial charge in [-0.25, -0.2) is 22.8 Å². The number of anilines is 1. The van der Waals surface area contributed by atoms with Crippen molar-refractivity contribution in [2.75, 3.05) is 11.9 Å². The first-order valence-electron chi connectivity index (χ1n) is 8.36. The highest BCUT2D eigenvalue weighted by atomic mass is 32.2. The van der Waals surface area contributed by atoms with Crippen molar-refractivity contribution < 1.29 is 13.2 Å². The Morgan fingerprint density at radius 3 is 2.37 bits per heavy atom. The standard InChI is InChI=1S/C18H19N5O3S/c1-2-11-21-27(25,26)17-9-5-15(6-10-17)22-18(24)14-3-7-16(8-4-14)23-13-19-12-20-23/h3-10,12-13,21H,2,11H2,1H3,(H,22,24). The molecular formula is C18H19N5O3S.